The molecular formula is C22H22F2N2O. The number of halogens is 2. The molecule has 0 radical (unpaired) electrons. The molecule has 0 aliphatic rings. The van der Waals surface area contributed by atoms with Gasteiger partial charge in [0.1, 0.15) is 5.69 Å². The Labute approximate surface area is 157 Å². The molecule has 0 aliphatic heterocycles. The molecule has 0 spiro atoms. The Balaban J connectivity index is 2.09. The number of carbonyl (C=O) groups is 1. The lowest BCUT2D eigenvalue weighted by Crippen LogP contribution is -2.18. The van der Waals surface area contributed by atoms with E-state index in [1.54, 1.807) is 6.08 Å². The lowest BCUT2D eigenvalue weighted by Gasteiger charge is -2.10. The number of amides is 1. The number of benzene rings is 2. The maximum absolute atomic E-state index is 13.5. The van der Waals surface area contributed by atoms with E-state index in [4.69, 9.17) is 0 Å². The molecule has 3 nitrogen and oxygen atoms in total. The monoisotopic (exact) mass is 368 g/mol. The Morgan fingerprint density at radius 2 is 1.93 bits per heavy atom. The van der Waals surface area contributed by atoms with E-state index in [2.05, 4.69) is 37.9 Å². The van der Waals surface area contributed by atoms with Crippen LogP contribution < -0.4 is 5.32 Å². The fourth-order valence-corrected chi connectivity index (χ4v) is 3.27. The van der Waals surface area contributed by atoms with Crippen LogP contribution in [-0.2, 0) is 6.54 Å². The summed E-state index contributed by atoms with van der Waals surface area (Å²) in [5, 5.41) is 3.66. The van der Waals surface area contributed by atoms with Gasteiger partial charge in [0.2, 0.25) is 0 Å². The summed E-state index contributed by atoms with van der Waals surface area (Å²) in [6.07, 6.45) is 1.73. The molecule has 1 amide bonds. The normalized spacial score (nSPS) is 11.2. The maximum Gasteiger partial charge on any atom is 0.272 e. The van der Waals surface area contributed by atoms with Crippen LogP contribution in [0.1, 0.15) is 41.4 Å². The van der Waals surface area contributed by atoms with Crippen molar-refractivity contribution in [1.82, 2.24) is 4.57 Å². The van der Waals surface area contributed by atoms with Crippen molar-refractivity contribution in [3.8, 4) is 0 Å². The third-order valence-electron chi connectivity index (χ3n) is 4.71. The Morgan fingerprint density at radius 1 is 1.19 bits per heavy atom. The molecule has 1 heterocycles. The molecular weight excluding hydrogens is 346 g/mol. The second kappa shape index (κ2) is 7.35. The van der Waals surface area contributed by atoms with Gasteiger partial charge in [-0.1, -0.05) is 26.0 Å². The van der Waals surface area contributed by atoms with Gasteiger partial charge in [0.25, 0.3) is 5.91 Å². The predicted octanol–water partition coefficient (Wildman–Crippen LogP) is 5.79. The highest BCUT2D eigenvalue weighted by atomic mass is 19.2. The average Bonchev–Trinajstić information content (AvgIpc) is 2.90. The molecule has 0 saturated carbocycles. The molecule has 0 saturated heterocycles. The van der Waals surface area contributed by atoms with Crippen molar-refractivity contribution in [3.05, 3.63) is 77.5 Å². The summed E-state index contributed by atoms with van der Waals surface area (Å²) >= 11 is 0. The van der Waals surface area contributed by atoms with Crippen molar-refractivity contribution in [3.63, 3.8) is 0 Å². The van der Waals surface area contributed by atoms with Crippen molar-refractivity contribution in [2.24, 2.45) is 0 Å². The summed E-state index contributed by atoms with van der Waals surface area (Å²) < 4.78 is 28.5. The van der Waals surface area contributed by atoms with Crippen LogP contribution in [0.15, 0.2) is 49.1 Å². The number of aromatic nitrogens is 1. The van der Waals surface area contributed by atoms with Gasteiger partial charge in [-0.2, -0.15) is 0 Å². The Hall–Kier alpha value is -2.95. The van der Waals surface area contributed by atoms with Gasteiger partial charge in [0.15, 0.2) is 11.6 Å². The largest absolute Gasteiger partial charge is 0.332 e. The summed E-state index contributed by atoms with van der Waals surface area (Å²) in [7, 11) is 0. The first-order valence-corrected chi connectivity index (χ1v) is 8.83. The number of allylic oxidation sites excluding steroid dienone is 1. The number of fused-ring (bicyclic) bond motifs is 1. The number of carbonyl (C=O) groups excluding carboxylic acids is 1. The third kappa shape index (κ3) is 3.50. The first-order chi connectivity index (χ1) is 12.8. The van der Waals surface area contributed by atoms with Gasteiger partial charge in [0, 0.05) is 29.2 Å². The molecule has 0 aliphatic carbocycles. The molecule has 1 aromatic heterocycles. The number of nitrogens with one attached hydrogen (secondary N) is 1. The molecule has 0 bridgehead atoms. The van der Waals surface area contributed by atoms with Crippen molar-refractivity contribution in [1.29, 1.82) is 0 Å². The summed E-state index contributed by atoms with van der Waals surface area (Å²) in [5.74, 6) is -1.96. The fourth-order valence-electron chi connectivity index (χ4n) is 3.27. The Kier molecular flexibility index (Phi) is 5.13. The Bertz CT molecular complexity index is 1030. The predicted molar refractivity (Wildman–Crippen MR) is 105 cm³/mol. The fraction of sp³-hybridized carbons (Fsp3) is 0.227. The third-order valence-corrected chi connectivity index (χ3v) is 4.71. The number of nitrogens with zero attached hydrogens (tertiary/aromatic N) is 1. The van der Waals surface area contributed by atoms with Gasteiger partial charge in [-0.05, 0) is 48.2 Å². The first-order valence-electron chi connectivity index (χ1n) is 8.83. The van der Waals surface area contributed by atoms with Crippen LogP contribution in [0.3, 0.4) is 0 Å². The van der Waals surface area contributed by atoms with E-state index in [0.29, 0.717) is 18.2 Å². The average molecular weight is 368 g/mol. The summed E-state index contributed by atoms with van der Waals surface area (Å²) in [6, 6.07) is 9.47. The number of hydrogen-bond acceptors (Lipinski definition) is 1. The van der Waals surface area contributed by atoms with Gasteiger partial charge in [-0.25, -0.2) is 8.78 Å². The van der Waals surface area contributed by atoms with Gasteiger partial charge in [-0.3, -0.25) is 4.79 Å². The highest BCUT2D eigenvalue weighted by Gasteiger charge is 2.21. The van der Waals surface area contributed by atoms with E-state index >= 15 is 0 Å². The van der Waals surface area contributed by atoms with Gasteiger partial charge >= 0.3 is 0 Å². The SMILES string of the molecule is C=CCn1c(C(=O)Nc2ccc(F)c(F)c2)c(C)c2cc(C(C)C)ccc21. The molecule has 27 heavy (non-hydrogen) atoms. The van der Waals surface area contributed by atoms with Crippen LogP contribution in [0.4, 0.5) is 14.5 Å². The molecule has 5 heteroatoms. The van der Waals surface area contributed by atoms with E-state index in [-0.39, 0.29) is 11.6 Å². The van der Waals surface area contributed by atoms with Crippen LogP contribution in [-0.4, -0.2) is 10.5 Å². The van der Waals surface area contributed by atoms with Crippen LogP contribution in [0, 0.1) is 18.6 Å². The molecule has 0 unspecified atom stereocenters. The summed E-state index contributed by atoms with van der Waals surface area (Å²) in [4.78, 5) is 12.9. The van der Waals surface area contributed by atoms with Crippen LogP contribution in [0.25, 0.3) is 10.9 Å². The van der Waals surface area contributed by atoms with Gasteiger partial charge in [-0.15, -0.1) is 6.58 Å². The zero-order valence-corrected chi connectivity index (χ0v) is 15.6. The number of aryl methyl sites for hydroxylation is 1. The van der Waals surface area contributed by atoms with E-state index < -0.39 is 11.6 Å². The molecule has 1 N–H and O–H groups in total. The molecule has 140 valence electrons. The highest BCUT2D eigenvalue weighted by molar-refractivity contribution is 6.08. The standard InChI is InChI=1S/C22H22F2N2O/c1-5-10-26-20-9-6-15(13(2)3)11-17(20)14(4)21(26)22(27)25-16-7-8-18(23)19(24)12-16/h5-9,11-13H,1,10H2,2-4H3,(H,25,27). The molecule has 3 aromatic rings. The van der Waals surface area contributed by atoms with Gasteiger partial charge in [0.05, 0.1) is 0 Å². The number of hydrogen-bond donors (Lipinski definition) is 1. The van der Waals surface area contributed by atoms with Crippen LogP contribution in [0.5, 0.6) is 0 Å². The lowest BCUT2D eigenvalue weighted by molar-refractivity contribution is 0.101. The second-order valence-electron chi connectivity index (χ2n) is 6.89. The van der Waals surface area contributed by atoms with E-state index in [9.17, 15) is 13.6 Å². The number of rotatable bonds is 5. The minimum absolute atomic E-state index is 0.205. The number of anilines is 1. The quantitative estimate of drug-likeness (QED) is 0.568. The van der Waals surface area contributed by atoms with Crippen molar-refractivity contribution in [2.45, 2.75) is 33.2 Å². The lowest BCUT2D eigenvalue weighted by atomic mass is 10.0. The minimum Gasteiger partial charge on any atom is -0.332 e. The highest BCUT2D eigenvalue weighted by Crippen LogP contribution is 2.30. The van der Waals surface area contributed by atoms with Crippen LogP contribution in [0.2, 0.25) is 0 Å². The maximum atomic E-state index is 13.5. The van der Waals surface area contributed by atoms with E-state index in [1.807, 2.05) is 17.6 Å². The Morgan fingerprint density at radius 3 is 2.56 bits per heavy atom. The van der Waals surface area contributed by atoms with Crippen molar-refractivity contribution >= 4 is 22.5 Å². The van der Waals surface area contributed by atoms with E-state index in [0.717, 1.165) is 28.6 Å². The van der Waals surface area contributed by atoms with Crippen molar-refractivity contribution in [2.75, 3.05) is 5.32 Å². The molecule has 0 atom stereocenters. The first kappa shape index (κ1) is 18.8. The van der Waals surface area contributed by atoms with Crippen LogP contribution >= 0.6 is 0 Å². The molecule has 0 fully saturated rings. The molecule has 2 aromatic carbocycles. The zero-order valence-electron chi connectivity index (χ0n) is 15.6. The second-order valence-corrected chi connectivity index (χ2v) is 6.89. The smallest absolute Gasteiger partial charge is 0.272 e. The molecule has 3 rings (SSSR count). The minimum atomic E-state index is -1.00. The van der Waals surface area contributed by atoms with Gasteiger partial charge < -0.3 is 9.88 Å². The summed E-state index contributed by atoms with van der Waals surface area (Å²) in [6.45, 7) is 10.4. The van der Waals surface area contributed by atoms with Crippen molar-refractivity contribution < 1.29 is 13.6 Å². The van der Waals surface area contributed by atoms with E-state index in [1.165, 1.54) is 11.6 Å². The topological polar surface area (TPSA) is 34.0 Å². The zero-order chi connectivity index (χ0) is 19.7. The summed E-state index contributed by atoms with van der Waals surface area (Å²) in [5.41, 5.74) is 3.66.